The number of pyridine rings is 1. The summed E-state index contributed by atoms with van der Waals surface area (Å²) in [7, 11) is -1.89. The fourth-order valence-corrected chi connectivity index (χ4v) is 4.25. The fourth-order valence-electron chi connectivity index (χ4n) is 2.75. The van der Waals surface area contributed by atoms with Crippen LogP contribution < -0.4 is 0 Å². The average Bonchev–Trinajstić information content (AvgIpc) is 2.67. The van der Waals surface area contributed by atoms with Crippen LogP contribution in [-0.4, -0.2) is 48.7 Å². The predicted octanol–water partition coefficient (Wildman–Crippen LogP) is 2.95. The number of carbonyl (C=O) groups excluding carboxylic acids is 1. The molecule has 0 spiro atoms. The van der Waals surface area contributed by atoms with Crippen molar-refractivity contribution in [2.75, 3.05) is 20.1 Å². The Kier molecular flexibility index (Phi) is 6.50. The Morgan fingerprint density at radius 3 is 2.31 bits per heavy atom. The third-order valence-electron chi connectivity index (χ3n) is 4.51. The Bertz CT molecular complexity index is 849. The van der Waals surface area contributed by atoms with Crippen LogP contribution in [0.25, 0.3) is 0 Å². The molecule has 7 heteroatoms. The Morgan fingerprint density at radius 1 is 1.12 bits per heavy atom. The van der Waals surface area contributed by atoms with Gasteiger partial charge in [-0.05, 0) is 42.8 Å². The van der Waals surface area contributed by atoms with E-state index in [4.69, 9.17) is 0 Å². The summed E-state index contributed by atoms with van der Waals surface area (Å²) in [6.07, 6.45) is 3.36. The van der Waals surface area contributed by atoms with E-state index >= 15 is 0 Å². The Morgan fingerprint density at radius 2 is 1.73 bits per heavy atom. The van der Waals surface area contributed by atoms with Gasteiger partial charge in [0.05, 0.1) is 10.9 Å². The van der Waals surface area contributed by atoms with Gasteiger partial charge in [0.15, 0.2) is 0 Å². The predicted molar refractivity (Wildman–Crippen MR) is 101 cm³/mol. The minimum atomic E-state index is -3.60. The number of rotatable bonds is 7. The quantitative estimate of drug-likeness (QED) is 0.746. The molecule has 140 valence electrons. The highest BCUT2D eigenvalue weighted by molar-refractivity contribution is 7.89. The monoisotopic (exact) mass is 375 g/mol. The van der Waals surface area contributed by atoms with Crippen LogP contribution in [-0.2, 0) is 10.0 Å². The molecule has 6 nitrogen and oxygen atoms in total. The van der Waals surface area contributed by atoms with Gasteiger partial charge in [0, 0.05) is 38.1 Å². The van der Waals surface area contributed by atoms with E-state index in [0.717, 1.165) is 5.56 Å². The largest absolute Gasteiger partial charge is 0.335 e. The maximum atomic E-state index is 12.8. The highest BCUT2D eigenvalue weighted by Crippen LogP contribution is 2.22. The minimum absolute atomic E-state index is 0.136. The number of hydrogen-bond donors (Lipinski definition) is 0. The second kappa shape index (κ2) is 8.42. The number of nitrogens with zero attached hydrogens (tertiary/aromatic N) is 3. The first-order valence-electron chi connectivity index (χ1n) is 8.60. The highest BCUT2D eigenvalue weighted by Gasteiger charge is 2.24. The van der Waals surface area contributed by atoms with Crippen LogP contribution in [0.4, 0.5) is 0 Å². The second-order valence-corrected chi connectivity index (χ2v) is 7.93. The third kappa shape index (κ3) is 4.11. The van der Waals surface area contributed by atoms with Gasteiger partial charge in [-0.15, -0.1) is 0 Å². The number of hydrogen-bond acceptors (Lipinski definition) is 4. The number of sulfonamides is 1. The number of aromatic nitrogens is 1. The number of carbonyl (C=O) groups is 1. The van der Waals surface area contributed by atoms with E-state index in [1.807, 2.05) is 19.1 Å². The van der Waals surface area contributed by atoms with Crippen molar-refractivity contribution in [2.45, 2.75) is 31.7 Å². The van der Waals surface area contributed by atoms with E-state index in [9.17, 15) is 13.2 Å². The molecule has 1 aromatic heterocycles. The second-order valence-electron chi connectivity index (χ2n) is 5.99. The standard InChI is InChI=1S/C19H25N3O3S/c1-5-22(6-2)26(24,25)18-9-7-8-17(14-18)19(23)21(4)15(3)16-10-12-20-13-11-16/h7-15H,5-6H2,1-4H3. The van der Waals surface area contributed by atoms with Gasteiger partial charge >= 0.3 is 0 Å². The third-order valence-corrected chi connectivity index (χ3v) is 6.56. The van der Waals surface area contributed by atoms with Crippen molar-refractivity contribution in [3.63, 3.8) is 0 Å². The summed E-state index contributed by atoms with van der Waals surface area (Å²) < 4.78 is 26.8. The maximum Gasteiger partial charge on any atom is 0.254 e. The van der Waals surface area contributed by atoms with Gasteiger partial charge in [-0.2, -0.15) is 4.31 Å². The van der Waals surface area contributed by atoms with Crippen LogP contribution in [0.3, 0.4) is 0 Å². The summed E-state index contributed by atoms with van der Waals surface area (Å²) in [6.45, 7) is 6.27. The molecule has 1 unspecified atom stereocenters. The molecule has 26 heavy (non-hydrogen) atoms. The summed E-state index contributed by atoms with van der Waals surface area (Å²) in [4.78, 5) is 18.6. The fraction of sp³-hybridized carbons (Fsp3) is 0.368. The zero-order chi connectivity index (χ0) is 19.3. The van der Waals surface area contributed by atoms with Crippen molar-refractivity contribution >= 4 is 15.9 Å². The molecule has 0 saturated heterocycles. The van der Waals surface area contributed by atoms with Gasteiger partial charge in [-0.3, -0.25) is 9.78 Å². The summed E-state index contributed by atoms with van der Waals surface area (Å²) in [5, 5.41) is 0. The molecular formula is C19H25N3O3S. The first-order chi connectivity index (χ1) is 12.3. The summed E-state index contributed by atoms with van der Waals surface area (Å²) in [5.74, 6) is -0.231. The highest BCUT2D eigenvalue weighted by atomic mass is 32.2. The smallest absolute Gasteiger partial charge is 0.254 e. The Labute approximate surface area is 155 Å². The molecule has 0 aliphatic heterocycles. The van der Waals surface area contributed by atoms with Gasteiger partial charge in [-0.1, -0.05) is 19.9 Å². The molecular weight excluding hydrogens is 350 g/mol. The molecule has 0 fully saturated rings. The molecule has 0 saturated carbocycles. The first kappa shape index (κ1) is 20.1. The first-order valence-corrected chi connectivity index (χ1v) is 10.0. The van der Waals surface area contributed by atoms with Gasteiger partial charge in [-0.25, -0.2) is 8.42 Å². The van der Waals surface area contributed by atoms with E-state index < -0.39 is 10.0 Å². The maximum absolute atomic E-state index is 12.8. The number of amides is 1. The minimum Gasteiger partial charge on any atom is -0.335 e. The lowest BCUT2D eigenvalue weighted by atomic mass is 10.1. The number of benzene rings is 1. The van der Waals surface area contributed by atoms with Crippen molar-refractivity contribution < 1.29 is 13.2 Å². The molecule has 0 radical (unpaired) electrons. The lowest BCUT2D eigenvalue weighted by Crippen LogP contribution is -2.32. The van der Waals surface area contributed by atoms with Crippen molar-refractivity contribution in [3.8, 4) is 0 Å². The lowest BCUT2D eigenvalue weighted by Gasteiger charge is -2.25. The van der Waals surface area contributed by atoms with Crippen molar-refractivity contribution in [3.05, 3.63) is 59.9 Å². The average molecular weight is 375 g/mol. The van der Waals surface area contributed by atoms with Gasteiger partial charge in [0.1, 0.15) is 0 Å². The molecule has 2 rings (SSSR count). The van der Waals surface area contributed by atoms with E-state index in [0.29, 0.717) is 18.7 Å². The van der Waals surface area contributed by atoms with E-state index in [1.165, 1.54) is 16.4 Å². The van der Waals surface area contributed by atoms with Crippen LogP contribution >= 0.6 is 0 Å². The van der Waals surface area contributed by atoms with Crippen molar-refractivity contribution in [1.29, 1.82) is 0 Å². The van der Waals surface area contributed by atoms with Gasteiger partial charge in [0.2, 0.25) is 10.0 Å². The zero-order valence-electron chi connectivity index (χ0n) is 15.6. The van der Waals surface area contributed by atoms with Crippen LogP contribution in [0.5, 0.6) is 0 Å². The molecule has 0 aliphatic carbocycles. The SMILES string of the molecule is CCN(CC)S(=O)(=O)c1cccc(C(=O)N(C)C(C)c2ccncc2)c1. The van der Waals surface area contributed by atoms with Crippen LogP contribution in [0, 0.1) is 0 Å². The van der Waals surface area contributed by atoms with Gasteiger partial charge < -0.3 is 4.90 Å². The molecule has 1 aromatic carbocycles. The molecule has 0 aliphatic rings. The van der Waals surface area contributed by atoms with E-state index in [1.54, 1.807) is 50.3 Å². The van der Waals surface area contributed by atoms with Crippen molar-refractivity contribution in [1.82, 2.24) is 14.2 Å². The molecule has 1 atom stereocenters. The van der Waals surface area contributed by atoms with Crippen LogP contribution in [0.15, 0.2) is 53.7 Å². The molecule has 2 aromatic rings. The molecule has 1 amide bonds. The Balaban J connectivity index is 2.31. The van der Waals surface area contributed by atoms with Gasteiger partial charge in [0.25, 0.3) is 5.91 Å². The van der Waals surface area contributed by atoms with E-state index in [-0.39, 0.29) is 16.8 Å². The molecule has 0 N–H and O–H groups in total. The Hall–Kier alpha value is -2.25. The summed E-state index contributed by atoms with van der Waals surface area (Å²) in [5.41, 5.74) is 1.31. The van der Waals surface area contributed by atoms with E-state index in [2.05, 4.69) is 4.98 Å². The summed E-state index contributed by atoms with van der Waals surface area (Å²) in [6, 6.07) is 9.77. The summed E-state index contributed by atoms with van der Waals surface area (Å²) >= 11 is 0. The molecule has 1 heterocycles. The topological polar surface area (TPSA) is 70.6 Å². The van der Waals surface area contributed by atoms with Crippen molar-refractivity contribution in [2.24, 2.45) is 0 Å². The normalized spacial score (nSPS) is 12.8. The van der Waals surface area contributed by atoms with Crippen LogP contribution in [0.1, 0.15) is 42.7 Å². The zero-order valence-corrected chi connectivity index (χ0v) is 16.4. The molecule has 0 bridgehead atoms. The van der Waals surface area contributed by atoms with Crippen LogP contribution in [0.2, 0.25) is 0 Å². The lowest BCUT2D eigenvalue weighted by molar-refractivity contribution is 0.0742.